The molecule has 9 heteroatoms. The fourth-order valence-corrected chi connectivity index (χ4v) is 4.03. The number of amides is 1. The molecule has 0 spiro atoms. The largest absolute Gasteiger partial charge is 0.468 e. The van der Waals surface area contributed by atoms with E-state index in [2.05, 4.69) is 20.3 Å². The van der Waals surface area contributed by atoms with E-state index in [1.807, 2.05) is 38.1 Å². The summed E-state index contributed by atoms with van der Waals surface area (Å²) < 4.78 is 5.17. The fraction of sp³-hybridized carbons (Fsp3) is 0.333. The van der Waals surface area contributed by atoms with Gasteiger partial charge in [-0.15, -0.1) is 22.0 Å². The van der Waals surface area contributed by atoms with E-state index in [4.69, 9.17) is 0 Å². The van der Waals surface area contributed by atoms with Gasteiger partial charge in [0.15, 0.2) is 4.34 Å². The van der Waals surface area contributed by atoms with Crippen molar-refractivity contribution < 1.29 is 14.3 Å². The highest BCUT2D eigenvalue weighted by Gasteiger charge is 2.17. The molecule has 1 amide bonds. The van der Waals surface area contributed by atoms with Crippen molar-refractivity contribution >= 4 is 51.9 Å². The second kappa shape index (κ2) is 9.05. The molecule has 0 radical (unpaired) electrons. The average Bonchev–Trinajstić information content (AvgIpc) is 3.02. The number of carbonyl (C=O) groups excluding carboxylic acids is 2. The molecule has 1 N–H and O–H groups in total. The normalized spacial score (nSPS) is 11.8. The number of ether oxygens (including phenoxy) is 1. The molecular weight excluding hydrogens is 366 g/mol. The third kappa shape index (κ3) is 5.81. The van der Waals surface area contributed by atoms with E-state index in [-0.39, 0.29) is 22.9 Å². The fourth-order valence-electron chi connectivity index (χ4n) is 1.58. The molecule has 0 saturated heterocycles. The second-order valence-corrected chi connectivity index (χ2v) is 8.41. The summed E-state index contributed by atoms with van der Waals surface area (Å²) in [6.45, 7) is 3.86. The Morgan fingerprint density at radius 1 is 1.29 bits per heavy atom. The van der Waals surface area contributed by atoms with Gasteiger partial charge in [-0.3, -0.25) is 14.9 Å². The van der Waals surface area contributed by atoms with E-state index in [1.165, 1.54) is 47.5 Å². The van der Waals surface area contributed by atoms with Gasteiger partial charge in [-0.05, 0) is 26.0 Å². The number of benzene rings is 1. The molecule has 24 heavy (non-hydrogen) atoms. The number of rotatable bonds is 7. The second-order valence-electron chi connectivity index (χ2n) is 4.80. The van der Waals surface area contributed by atoms with Gasteiger partial charge < -0.3 is 4.74 Å². The lowest BCUT2D eigenvalue weighted by atomic mass is 10.2. The highest BCUT2D eigenvalue weighted by molar-refractivity contribution is 8.01. The van der Waals surface area contributed by atoms with Crippen LogP contribution in [-0.4, -0.2) is 40.2 Å². The van der Waals surface area contributed by atoms with Crippen molar-refractivity contribution in [1.29, 1.82) is 0 Å². The maximum atomic E-state index is 12.2. The molecule has 1 atom stereocenters. The van der Waals surface area contributed by atoms with Crippen LogP contribution in [0, 0.1) is 6.92 Å². The van der Waals surface area contributed by atoms with Gasteiger partial charge in [0.05, 0.1) is 18.1 Å². The molecule has 1 aromatic heterocycles. The Morgan fingerprint density at radius 3 is 2.67 bits per heavy atom. The van der Waals surface area contributed by atoms with E-state index in [0.29, 0.717) is 9.47 Å². The lowest BCUT2D eigenvalue weighted by Crippen LogP contribution is -2.22. The standard InChI is InChI=1S/C15H17N3O3S3/c1-9-4-6-11(7-5-9)23-10(2)13(20)16-14-17-18-15(24-14)22-8-12(19)21-3/h4-7,10H,8H2,1-3H3,(H,16,17,20)/t10-/m0/s1. The Kier molecular flexibility index (Phi) is 7.07. The predicted molar refractivity (Wildman–Crippen MR) is 97.8 cm³/mol. The number of thioether (sulfide) groups is 2. The molecule has 2 aromatic rings. The van der Waals surface area contributed by atoms with Crippen LogP contribution >= 0.6 is 34.9 Å². The predicted octanol–water partition coefficient (Wildman–Crippen LogP) is 3.23. The summed E-state index contributed by atoms with van der Waals surface area (Å²) in [5, 5.41) is 10.8. The molecule has 2 rings (SSSR count). The first-order valence-electron chi connectivity index (χ1n) is 7.05. The van der Waals surface area contributed by atoms with E-state index in [9.17, 15) is 9.59 Å². The number of carbonyl (C=O) groups is 2. The van der Waals surface area contributed by atoms with Gasteiger partial charge in [0.1, 0.15) is 0 Å². The molecule has 0 aliphatic heterocycles. The minimum atomic E-state index is -0.330. The summed E-state index contributed by atoms with van der Waals surface area (Å²) in [5.74, 6) is -0.302. The average molecular weight is 384 g/mol. The van der Waals surface area contributed by atoms with E-state index in [1.54, 1.807) is 0 Å². The number of nitrogens with one attached hydrogen (secondary N) is 1. The van der Waals surface area contributed by atoms with Crippen molar-refractivity contribution in [1.82, 2.24) is 10.2 Å². The molecular formula is C15H17N3O3S3. The Morgan fingerprint density at radius 2 is 2.00 bits per heavy atom. The maximum Gasteiger partial charge on any atom is 0.316 e. The molecule has 0 saturated carbocycles. The summed E-state index contributed by atoms with van der Waals surface area (Å²) in [4.78, 5) is 24.4. The van der Waals surface area contributed by atoms with Crippen LogP contribution in [0.3, 0.4) is 0 Å². The first kappa shape index (κ1) is 18.8. The summed E-state index contributed by atoms with van der Waals surface area (Å²) in [5.41, 5.74) is 1.18. The summed E-state index contributed by atoms with van der Waals surface area (Å²) in [6, 6.07) is 8.03. The summed E-state index contributed by atoms with van der Waals surface area (Å²) >= 11 is 3.94. The van der Waals surface area contributed by atoms with Gasteiger partial charge in [0.2, 0.25) is 11.0 Å². The smallest absolute Gasteiger partial charge is 0.316 e. The van der Waals surface area contributed by atoms with Gasteiger partial charge in [-0.2, -0.15) is 0 Å². The number of nitrogens with zero attached hydrogens (tertiary/aromatic N) is 2. The molecule has 0 unspecified atom stereocenters. The van der Waals surface area contributed by atoms with Crippen LogP contribution < -0.4 is 5.32 Å². The van der Waals surface area contributed by atoms with E-state index in [0.717, 1.165) is 4.90 Å². The van der Waals surface area contributed by atoms with Crippen molar-refractivity contribution in [3.05, 3.63) is 29.8 Å². The summed E-state index contributed by atoms with van der Waals surface area (Å²) in [7, 11) is 1.34. The molecule has 0 aliphatic carbocycles. The Hall–Kier alpha value is -1.58. The van der Waals surface area contributed by atoms with E-state index < -0.39 is 0 Å². The maximum absolute atomic E-state index is 12.2. The monoisotopic (exact) mass is 383 g/mol. The van der Waals surface area contributed by atoms with Crippen LogP contribution in [0.5, 0.6) is 0 Å². The van der Waals surface area contributed by atoms with Crippen molar-refractivity contribution in [3.63, 3.8) is 0 Å². The number of aryl methyl sites for hydroxylation is 1. The Labute approximate surface area is 152 Å². The number of methoxy groups -OCH3 is 1. The van der Waals surface area contributed by atoms with Gasteiger partial charge in [0.25, 0.3) is 0 Å². The number of aromatic nitrogens is 2. The lowest BCUT2D eigenvalue weighted by molar-refractivity contribution is -0.137. The van der Waals surface area contributed by atoms with E-state index >= 15 is 0 Å². The molecule has 0 fully saturated rings. The highest BCUT2D eigenvalue weighted by atomic mass is 32.2. The molecule has 0 aliphatic rings. The third-order valence-corrected chi connectivity index (χ3v) is 5.94. The topological polar surface area (TPSA) is 81.2 Å². The first-order valence-corrected chi connectivity index (χ1v) is 9.73. The van der Waals surface area contributed by atoms with Crippen LogP contribution in [0.25, 0.3) is 0 Å². The highest BCUT2D eigenvalue weighted by Crippen LogP contribution is 2.27. The van der Waals surface area contributed by atoms with Crippen molar-refractivity contribution in [2.24, 2.45) is 0 Å². The zero-order chi connectivity index (χ0) is 17.5. The third-order valence-electron chi connectivity index (χ3n) is 2.88. The summed E-state index contributed by atoms with van der Waals surface area (Å²) in [6.07, 6.45) is 0. The minimum Gasteiger partial charge on any atom is -0.468 e. The van der Waals surface area contributed by atoms with Crippen LogP contribution in [0.15, 0.2) is 33.5 Å². The van der Waals surface area contributed by atoms with Crippen molar-refractivity contribution in [3.8, 4) is 0 Å². The Balaban J connectivity index is 1.86. The van der Waals surface area contributed by atoms with Crippen LogP contribution in [0.2, 0.25) is 0 Å². The number of esters is 1. The number of hydrogen-bond donors (Lipinski definition) is 1. The van der Waals surface area contributed by atoms with Crippen molar-refractivity contribution in [2.45, 2.75) is 28.3 Å². The van der Waals surface area contributed by atoms with Gasteiger partial charge in [-0.25, -0.2) is 0 Å². The minimum absolute atomic E-state index is 0.138. The van der Waals surface area contributed by atoms with Crippen LogP contribution in [0.4, 0.5) is 5.13 Å². The zero-order valence-electron chi connectivity index (χ0n) is 13.4. The van der Waals surface area contributed by atoms with Gasteiger partial charge in [-0.1, -0.05) is 40.8 Å². The van der Waals surface area contributed by atoms with Gasteiger partial charge in [0, 0.05) is 4.90 Å². The Bertz CT molecular complexity index is 703. The van der Waals surface area contributed by atoms with Crippen molar-refractivity contribution in [2.75, 3.05) is 18.2 Å². The molecule has 0 bridgehead atoms. The molecule has 6 nitrogen and oxygen atoms in total. The zero-order valence-corrected chi connectivity index (χ0v) is 15.9. The molecule has 1 aromatic carbocycles. The van der Waals surface area contributed by atoms with Gasteiger partial charge >= 0.3 is 5.97 Å². The van der Waals surface area contributed by atoms with Crippen LogP contribution in [0.1, 0.15) is 12.5 Å². The number of anilines is 1. The lowest BCUT2D eigenvalue weighted by Gasteiger charge is -2.10. The molecule has 128 valence electrons. The first-order chi connectivity index (χ1) is 11.5. The SMILES string of the molecule is COC(=O)CSc1nnc(NC(=O)[C@H](C)Sc2ccc(C)cc2)s1. The molecule has 1 heterocycles. The quantitative estimate of drug-likeness (QED) is 0.446. The van der Waals surface area contributed by atoms with Crippen LogP contribution in [-0.2, 0) is 14.3 Å². The number of hydrogen-bond acceptors (Lipinski definition) is 8.